The molecule has 6 heteroatoms. The van der Waals surface area contributed by atoms with Gasteiger partial charge in [0.15, 0.2) is 0 Å². The maximum absolute atomic E-state index is 12.5. The van der Waals surface area contributed by atoms with Gasteiger partial charge in [0.2, 0.25) is 0 Å². The second kappa shape index (κ2) is 9.73. The van der Waals surface area contributed by atoms with Gasteiger partial charge in [-0.15, -0.1) is 0 Å². The molecule has 25 heavy (non-hydrogen) atoms. The zero-order chi connectivity index (χ0) is 18.2. The van der Waals surface area contributed by atoms with Crippen LogP contribution in [0.4, 0.5) is 0 Å². The average Bonchev–Trinajstić information content (AvgIpc) is 2.88. The largest absolute Gasteiger partial charge is 0.466 e. The average molecular weight is 378 g/mol. The van der Waals surface area contributed by atoms with Gasteiger partial charge in [0.05, 0.1) is 11.5 Å². The lowest BCUT2D eigenvalue weighted by Gasteiger charge is -2.13. The van der Waals surface area contributed by atoms with Gasteiger partial charge in [0.25, 0.3) is 5.91 Å². The molecule has 1 heterocycles. The van der Waals surface area contributed by atoms with Crippen LogP contribution in [0.2, 0.25) is 0 Å². The number of carbonyl (C=O) groups is 2. The summed E-state index contributed by atoms with van der Waals surface area (Å²) in [5.41, 5.74) is 2.25. The Balaban J connectivity index is 1.92. The standard InChI is InChI=1S/C19H23NO3S2/c1-3-12-23-17(21)6-5-11-20-18(22)16(25-19(20)24)13-15-9-7-14(4-2)8-10-15/h7-10,13H,3-6,11-12H2,1-2H3/b16-13-. The van der Waals surface area contributed by atoms with E-state index in [1.54, 1.807) is 4.90 Å². The summed E-state index contributed by atoms with van der Waals surface area (Å²) in [6, 6.07) is 8.15. The molecule has 2 rings (SSSR count). The first-order valence-corrected chi connectivity index (χ1v) is 9.77. The van der Waals surface area contributed by atoms with Crippen LogP contribution in [0, 0.1) is 0 Å². The molecule has 0 spiro atoms. The van der Waals surface area contributed by atoms with Crippen LogP contribution in [-0.2, 0) is 20.7 Å². The van der Waals surface area contributed by atoms with Crippen LogP contribution in [0.15, 0.2) is 29.2 Å². The third-order valence-corrected chi connectivity index (χ3v) is 5.17. The molecule has 0 aromatic heterocycles. The highest BCUT2D eigenvalue weighted by molar-refractivity contribution is 8.26. The Bertz CT molecular complexity index is 668. The highest BCUT2D eigenvalue weighted by atomic mass is 32.2. The molecule has 0 bridgehead atoms. The molecule has 4 nitrogen and oxygen atoms in total. The number of hydrogen-bond donors (Lipinski definition) is 0. The zero-order valence-corrected chi connectivity index (χ0v) is 16.3. The van der Waals surface area contributed by atoms with E-state index in [0.717, 1.165) is 18.4 Å². The molecule has 1 aromatic rings. The molecule has 0 aliphatic carbocycles. The molecule has 1 aliphatic rings. The molecule has 1 amide bonds. The monoisotopic (exact) mass is 377 g/mol. The maximum atomic E-state index is 12.5. The number of amides is 1. The van der Waals surface area contributed by atoms with E-state index in [0.29, 0.717) is 35.2 Å². The van der Waals surface area contributed by atoms with Crippen LogP contribution in [0.3, 0.4) is 0 Å². The Morgan fingerprint density at radius 3 is 2.64 bits per heavy atom. The van der Waals surface area contributed by atoms with Gasteiger partial charge >= 0.3 is 5.97 Å². The van der Waals surface area contributed by atoms with Crippen molar-refractivity contribution < 1.29 is 14.3 Å². The van der Waals surface area contributed by atoms with Gasteiger partial charge in [0, 0.05) is 13.0 Å². The molecule has 0 saturated carbocycles. The smallest absolute Gasteiger partial charge is 0.305 e. The number of thiocarbonyl (C=S) groups is 1. The van der Waals surface area contributed by atoms with Gasteiger partial charge in [-0.2, -0.15) is 0 Å². The van der Waals surface area contributed by atoms with Crippen LogP contribution in [-0.4, -0.2) is 34.2 Å². The maximum Gasteiger partial charge on any atom is 0.305 e. The fourth-order valence-electron chi connectivity index (χ4n) is 2.36. The predicted molar refractivity (Wildman–Crippen MR) is 106 cm³/mol. The van der Waals surface area contributed by atoms with Crippen LogP contribution in [0.1, 0.15) is 44.2 Å². The van der Waals surface area contributed by atoms with Crippen molar-refractivity contribution in [1.29, 1.82) is 0 Å². The normalized spacial score (nSPS) is 15.9. The molecule has 0 N–H and O–H groups in total. The second-order valence-corrected chi connectivity index (χ2v) is 7.43. The zero-order valence-electron chi connectivity index (χ0n) is 14.6. The topological polar surface area (TPSA) is 46.6 Å². The van der Waals surface area contributed by atoms with Crippen LogP contribution in [0.5, 0.6) is 0 Å². The Morgan fingerprint density at radius 2 is 2.00 bits per heavy atom. The SMILES string of the molecule is CCCOC(=O)CCCN1C(=O)/C(=C/c2ccc(CC)cc2)SC1=S. The van der Waals surface area contributed by atoms with E-state index in [4.69, 9.17) is 17.0 Å². The highest BCUT2D eigenvalue weighted by Crippen LogP contribution is 2.32. The Morgan fingerprint density at radius 1 is 1.28 bits per heavy atom. The van der Waals surface area contributed by atoms with Crippen molar-refractivity contribution in [1.82, 2.24) is 4.90 Å². The number of nitrogens with zero attached hydrogens (tertiary/aromatic N) is 1. The Hall–Kier alpha value is -1.66. The van der Waals surface area contributed by atoms with Crippen LogP contribution < -0.4 is 0 Å². The van der Waals surface area contributed by atoms with E-state index in [2.05, 4.69) is 19.1 Å². The number of carbonyl (C=O) groups excluding carboxylic acids is 2. The van der Waals surface area contributed by atoms with Crippen molar-refractivity contribution in [2.75, 3.05) is 13.2 Å². The number of hydrogen-bond acceptors (Lipinski definition) is 5. The van der Waals surface area contributed by atoms with Gasteiger partial charge in [-0.25, -0.2) is 0 Å². The molecule has 1 fully saturated rings. The number of aryl methyl sites for hydroxylation is 1. The van der Waals surface area contributed by atoms with Crippen molar-refractivity contribution in [3.05, 3.63) is 40.3 Å². The molecule has 134 valence electrons. The number of rotatable bonds is 8. The highest BCUT2D eigenvalue weighted by Gasteiger charge is 2.31. The molecule has 0 atom stereocenters. The Kier molecular flexibility index (Phi) is 7.65. The fourth-order valence-corrected chi connectivity index (χ4v) is 3.67. The minimum absolute atomic E-state index is 0.0866. The quantitative estimate of drug-likeness (QED) is 0.386. The summed E-state index contributed by atoms with van der Waals surface area (Å²) in [5.74, 6) is -0.310. The summed E-state index contributed by atoms with van der Waals surface area (Å²) in [6.07, 6.45) is 4.52. The molecule has 1 aromatic carbocycles. The van der Waals surface area contributed by atoms with Gasteiger partial charge < -0.3 is 4.74 Å². The minimum atomic E-state index is -0.223. The Labute approximate surface area is 158 Å². The minimum Gasteiger partial charge on any atom is -0.466 e. The molecular formula is C19H23NO3S2. The lowest BCUT2D eigenvalue weighted by Crippen LogP contribution is -2.29. The van der Waals surface area contributed by atoms with E-state index < -0.39 is 0 Å². The number of ether oxygens (including phenoxy) is 1. The molecule has 0 radical (unpaired) electrons. The van der Waals surface area contributed by atoms with Crippen LogP contribution in [0.25, 0.3) is 6.08 Å². The first-order chi connectivity index (χ1) is 12.0. The van der Waals surface area contributed by atoms with E-state index in [1.807, 2.05) is 25.1 Å². The van der Waals surface area contributed by atoms with Crippen LogP contribution >= 0.6 is 24.0 Å². The lowest BCUT2D eigenvalue weighted by molar-refractivity contribution is -0.144. The van der Waals surface area contributed by atoms with Crippen molar-refractivity contribution in [3.63, 3.8) is 0 Å². The number of esters is 1. The van der Waals surface area contributed by atoms with Crippen molar-refractivity contribution in [2.45, 2.75) is 39.5 Å². The molecule has 1 aliphatic heterocycles. The predicted octanol–water partition coefficient (Wildman–Crippen LogP) is 4.18. The summed E-state index contributed by atoms with van der Waals surface area (Å²) in [5, 5.41) is 0. The summed E-state index contributed by atoms with van der Waals surface area (Å²) in [4.78, 5) is 26.2. The molecular weight excluding hydrogens is 354 g/mol. The van der Waals surface area contributed by atoms with Crippen molar-refractivity contribution >= 4 is 46.3 Å². The first-order valence-electron chi connectivity index (χ1n) is 8.55. The van der Waals surface area contributed by atoms with E-state index in [1.165, 1.54) is 17.3 Å². The summed E-state index contributed by atoms with van der Waals surface area (Å²) in [6.45, 7) is 4.95. The third-order valence-electron chi connectivity index (χ3n) is 3.79. The molecule has 1 saturated heterocycles. The number of benzene rings is 1. The van der Waals surface area contributed by atoms with Gasteiger partial charge in [-0.05, 0) is 36.5 Å². The van der Waals surface area contributed by atoms with E-state index in [-0.39, 0.29) is 11.9 Å². The van der Waals surface area contributed by atoms with Gasteiger partial charge in [0.1, 0.15) is 4.32 Å². The first kappa shape index (κ1) is 19.7. The van der Waals surface area contributed by atoms with Crippen molar-refractivity contribution in [3.8, 4) is 0 Å². The lowest BCUT2D eigenvalue weighted by atomic mass is 10.1. The summed E-state index contributed by atoms with van der Waals surface area (Å²) in [7, 11) is 0. The number of thioether (sulfide) groups is 1. The fraction of sp³-hybridized carbons (Fsp3) is 0.421. The van der Waals surface area contributed by atoms with Crippen molar-refractivity contribution in [2.24, 2.45) is 0 Å². The van der Waals surface area contributed by atoms with Gasteiger partial charge in [-0.1, -0.05) is 62.1 Å². The van der Waals surface area contributed by atoms with E-state index >= 15 is 0 Å². The van der Waals surface area contributed by atoms with E-state index in [9.17, 15) is 9.59 Å². The third kappa shape index (κ3) is 5.68. The van der Waals surface area contributed by atoms with Gasteiger partial charge in [-0.3, -0.25) is 14.5 Å². The molecule has 0 unspecified atom stereocenters. The summed E-state index contributed by atoms with van der Waals surface area (Å²) >= 11 is 6.62. The second-order valence-electron chi connectivity index (χ2n) is 5.75. The summed E-state index contributed by atoms with van der Waals surface area (Å²) < 4.78 is 5.58.